The minimum absolute atomic E-state index is 0.0401. The van der Waals surface area contributed by atoms with Crippen molar-refractivity contribution in [3.05, 3.63) is 65.5 Å². The molecule has 0 spiro atoms. The number of methoxy groups -OCH3 is 1. The minimum atomic E-state index is -0.292. The van der Waals surface area contributed by atoms with Crippen molar-refractivity contribution in [2.75, 3.05) is 13.7 Å². The van der Waals surface area contributed by atoms with Gasteiger partial charge in [-0.25, -0.2) is 4.39 Å². The number of hydrogen-bond acceptors (Lipinski definition) is 3. The molecule has 1 amide bonds. The standard InChI is InChI=1S/C20H24FNO3/c1-14(2)20(16-7-9-17(21)10-8-16)22-19(23)13-25-12-15-5-4-6-18(11-15)24-3/h4-11,14,20H,12-13H2,1-3H3,(H,22,23). The van der Waals surface area contributed by atoms with Crippen molar-refractivity contribution in [2.45, 2.75) is 26.5 Å². The number of carbonyl (C=O) groups excluding carboxylic acids is 1. The Kier molecular flexibility index (Phi) is 6.95. The summed E-state index contributed by atoms with van der Waals surface area (Å²) in [5.41, 5.74) is 1.81. The zero-order valence-corrected chi connectivity index (χ0v) is 14.8. The molecule has 25 heavy (non-hydrogen) atoms. The van der Waals surface area contributed by atoms with Gasteiger partial charge in [-0.2, -0.15) is 0 Å². The Morgan fingerprint density at radius 2 is 1.88 bits per heavy atom. The molecule has 0 aliphatic rings. The number of amides is 1. The fraction of sp³-hybridized carbons (Fsp3) is 0.350. The van der Waals surface area contributed by atoms with Crippen LogP contribution in [0.2, 0.25) is 0 Å². The third-order valence-electron chi connectivity index (χ3n) is 3.85. The second kappa shape index (κ2) is 9.18. The van der Waals surface area contributed by atoms with Gasteiger partial charge in [0.1, 0.15) is 18.2 Å². The van der Waals surface area contributed by atoms with E-state index in [0.29, 0.717) is 6.61 Å². The summed E-state index contributed by atoms with van der Waals surface area (Å²) in [5.74, 6) is 0.430. The number of halogens is 1. The van der Waals surface area contributed by atoms with Crippen LogP contribution in [0.4, 0.5) is 4.39 Å². The summed E-state index contributed by atoms with van der Waals surface area (Å²) < 4.78 is 23.7. The monoisotopic (exact) mass is 345 g/mol. The summed E-state index contributed by atoms with van der Waals surface area (Å²) in [6.45, 7) is 4.30. The first kappa shape index (κ1) is 18.9. The molecular formula is C20H24FNO3. The molecule has 1 unspecified atom stereocenters. The molecule has 2 aromatic rings. The molecule has 5 heteroatoms. The summed E-state index contributed by atoms with van der Waals surface area (Å²) in [7, 11) is 1.61. The number of hydrogen-bond donors (Lipinski definition) is 1. The van der Waals surface area contributed by atoms with Crippen molar-refractivity contribution in [1.29, 1.82) is 0 Å². The molecule has 0 bridgehead atoms. The molecule has 0 saturated heterocycles. The molecule has 0 aromatic heterocycles. The van der Waals surface area contributed by atoms with Crippen molar-refractivity contribution in [1.82, 2.24) is 5.32 Å². The third-order valence-corrected chi connectivity index (χ3v) is 3.85. The van der Waals surface area contributed by atoms with Gasteiger partial charge in [0.2, 0.25) is 5.91 Å². The van der Waals surface area contributed by atoms with Gasteiger partial charge in [-0.3, -0.25) is 4.79 Å². The highest BCUT2D eigenvalue weighted by Crippen LogP contribution is 2.22. The first-order valence-electron chi connectivity index (χ1n) is 8.25. The van der Waals surface area contributed by atoms with Crippen LogP contribution >= 0.6 is 0 Å². The van der Waals surface area contributed by atoms with Gasteiger partial charge in [-0.05, 0) is 41.3 Å². The molecule has 2 aromatic carbocycles. The Bertz CT molecular complexity index is 686. The van der Waals surface area contributed by atoms with E-state index < -0.39 is 0 Å². The molecule has 0 saturated carbocycles. The molecule has 1 N–H and O–H groups in total. The van der Waals surface area contributed by atoms with Crippen LogP contribution < -0.4 is 10.1 Å². The Hall–Kier alpha value is -2.40. The molecule has 134 valence electrons. The zero-order chi connectivity index (χ0) is 18.2. The Morgan fingerprint density at radius 3 is 2.52 bits per heavy atom. The Labute approximate surface area is 148 Å². The van der Waals surface area contributed by atoms with E-state index in [1.165, 1.54) is 12.1 Å². The van der Waals surface area contributed by atoms with Crippen molar-refractivity contribution in [3.63, 3.8) is 0 Å². The van der Waals surface area contributed by atoms with E-state index in [0.717, 1.165) is 16.9 Å². The van der Waals surface area contributed by atoms with Crippen molar-refractivity contribution >= 4 is 5.91 Å². The summed E-state index contributed by atoms with van der Waals surface area (Å²) in [6.07, 6.45) is 0. The molecule has 0 fully saturated rings. The largest absolute Gasteiger partial charge is 0.497 e. The van der Waals surface area contributed by atoms with E-state index in [1.807, 2.05) is 38.1 Å². The van der Waals surface area contributed by atoms with Gasteiger partial charge in [0.05, 0.1) is 19.8 Å². The van der Waals surface area contributed by atoms with Crippen LogP contribution in [0, 0.1) is 11.7 Å². The van der Waals surface area contributed by atoms with Crippen LogP contribution in [0.15, 0.2) is 48.5 Å². The van der Waals surface area contributed by atoms with Crippen molar-refractivity contribution in [3.8, 4) is 5.75 Å². The van der Waals surface area contributed by atoms with Crippen LogP contribution in [0.5, 0.6) is 5.75 Å². The van der Waals surface area contributed by atoms with E-state index >= 15 is 0 Å². The van der Waals surface area contributed by atoms with E-state index in [2.05, 4.69) is 5.32 Å². The number of benzene rings is 2. The smallest absolute Gasteiger partial charge is 0.246 e. The molecular weight excluding hydrogens is 321 g/mol. The fourth-order valence-electron chi connectivity index (χ4n) is 2.54. The highest BCUT2D eigenvalue weighted by molar-refractivity contribution is 5.77. The number of nitrogens with one attached hydrogen (secondary N) is 1. The lowest BCUT2D eigenvalue weighted by Gasteiger charge is -2.23. The van der Waals surface area contributed by atoms with Gasteiger partial charge in [-0.15, -0.1) is 0 Å². The van der Waals surface area contributed by atoms with Crippen molar-refractivity contribution in [2.24, 2.45) is 5.92 Å². The van der Waals surface area contributed by atoms with E-state index in [1.54, 1.807) is 19.2 Å². The zero-order valence-electron chi connectivity index (χ0n) is 14.8. The van der Waals surface area contributed by atoms with Gasteiger partial charge in [0.15, 0.2) is 0 Å². The van der Waals surface area contributed by atoms with Gasteiger partial charge in [0, 0.05) is 0 Å². The van der Waals surface area contributed by atoms with Gasteiger partial charge >= 0.3 is 0 Å². The molecule has 2 rings (SSSR count). The molecule has 0 aliphatic carbocycles. The average molecular weight is 345 g/mol. The SMILES string of the molecule is COc1cccc(COCC(=O)NC(c2ccc(F)cc2)C(C)C)c1. The third kappa shape index (κ3) is 5.87. The number of rotatable bonds is 8. The van der Waals surface area contributed by atoms with Crippen LogP contribution in [0.1, 0.15) is 31.0 Å². The molecule has 0 aliphatic heterocycles. The number of ether oxygens (including phenoxy) is 2. The maximum atomic E-state index is 13.1. The van der Waals surface area contributed by atoms with E-state index in [-0.39, 0.29) is 30.3 Å². The molecule has 0 radical (unpaired) electrons. The van der Waals surface area contributed by atoms with Crippen LogP contribution in [0.25, 0.3) is 0 Å². The Balaban J connectivity index is 1.87. The van der Waals surface area contributed by atoms with Crippen LogP contribution in [-0.2, 0) is 16.1 Å². The maximum Gasteiger partial charge on any atom is 0.246 e. The van der Waals surface area contributed by atoms with Gasteiger partial charge in [0.25, 0.3) is 0 Å². The highest BCUT2D eigenvalue weighted by atomic mass is 19.1. The molecule has 0 heterocycles. The summed E-state index contributed by atoms with van der Waals surface area (Å²) >= 11 is 0. The predicted octanol–water partition coefficient (Wildman–Crippen LogP) is 3.86. The average Bonchev–Trinajstić information content (AvgIpc) is 2.60. The quantitative estimate of drug-likeness (QED) is 0.790. The van der Waals surface area contributed by atoms with Gasteiger partial charge < -0.3 is 14.8 Å². The topological polar surface area (TPSA) is 47.6 Å². The lowest BCUT2D eigenvalue weighted by Crippen LogP contribution is -2.34. The number of carbonyl (C=O) groups is 1. The van der Waals surface area contributed by atoms with E-state index in [4.69, 9.17) is 9.47 Å². The Morgan fingerprint density at radius 1 is 1.16 bits per heavy atom. The van der Waals surface area contributed by atoms with Crippen molar-refractivity contribution < 1.29 is 18.7 Å². The normalized spacial score (nSPS) is 12.0. The van der Waals surface area contributed by atoms with Crippen LogP contribution in [0.3, 0.4) is 0 Å². The summed E-state index contributed by atoms with van der Waals surface area (Å²) in [5, 5.41) is 2.95. The predicted molar refractivity (Wildman–Crippen MR) is 94.8 cm³/mol. The van der Waals surface area contributed by atoms with E-state index in [9.17, 15) is 9.18 Å². The fourth-order valence-corrected chi connectivity index (χ4v) is 2.54. The van der Waals surface area contributed by atoms with Crippen LogP contribution in [-0.4, -0.2) is 19.6 Å². The second-order valence-electron chi connectivity index (χ2n) is 6.19. The minimum Gasteiger partial charge on any atom is -0.497 e. The van der Waals surface area contributed by atoms with Gasteiger partial charge in [-0.1, -0.05) is 38.1 Å². The maximum absolute atomic E-state index is 13.1. The molecule has 4 nitrogen and oxygen atoms in total. The first-order chi connectivity index (χ1) is 12.0. The summed E-state index contributed by atoms with van der Waals surface area (Å²) in [6, 6.07) is 13.5. The lowest BCUT2D eigenvalue weighted by atomic mass is 9.96. The molecule has 1 atom stereocenters. The highest BCUT2D eigenvalue weighted by Gasteiger charge is 2.18. The second-order valence-corrected chi connectivity index (χ2v) is 6.19. The lowest BCUT2D eigenvalue weighted by molar-refractivity contribution is -0.127. The summed E-state index contributed by atoms with van der Waals surface area (Å²) in [4.78, 5) is 12.2. The first-order valence-corrected chi connectivity index (χ1v) is 8.25.